The van der Waals surface area contributed by atoms with Crippen LogP contribution in [0.25, 0.3) is 0 Å². The average Bonchev–Trinajstić information content (AvgIpc) is 2.60. The van der Waals surface area contributed by atoms with Crippen molar-refractivity contribution < 1.29 is 27.8 Å². The van der Waals surface area contributed by atoms with E-state index in [1.807, 2.05) is 0 Å². The maximum atomic E-state index is 12.6. The SMILES string of the molecule is COc1ccc(CCC(=O)O)cc1NS(=O)(=O)N1CCC(OC)CC1. The summed E-state index contributed by atoms with van der Waals surface area (Å²) in [6.07, 6.45) is 1.66. The van der Waals surface area contributed by atoms with Crippen LogP contribution < -0.4 is 9.46 Å². The van der Waals surface area contributed by atoms with Crippen LogP contribution in [-0.2, 0) is 26.2 Å². The smallest absolute Gasteiger partial charge is 0.303 e. The van der Waals surface area contributed by atoms with Crippen molar-refractivity contribution in [3.05, 3.63) is 23.8 Å². The molecule has 2 N–H and O–H groups in total. The zero-order chi connectivity index (χ0) is 18.4. The van der Waals surface area contributed by atoms with Gasteiger partial charge in [0.2, 0.25) is 0 Å². The van der Waals surface area contributed by atoms with E-state index >= 15 is 0 Å². The Bertz CT molecular complexity index is 699. The number of carbonyl (C=O) groups is 1. The Morgan fingerprint density at radius 1 is 1.32 bits per heavy atom. The van der Waals surface area contributed by atoms with Crippen LogP contribution in [0.2, 0.25) is 0 Å². The lowest BCUT2D eigenvalue weighted by atomic mass is 10.1. The summed E-state index contributed by atoms with van der Waals surface area (Å²) in [6, 6.07) is 4.97. The molecule has 2 rings (SSSR count). The summed E-state index contributed by atoms with van der Waals surface area (Å²) in [4.78, 5) is 10.7. The Balaban J connectivity index is 2.13. The van der Waals surface area contributed by atoms with Gasteiger partial charge in [-0.3, -0.25) is 9.52 Å². The van der Waals surface area contributed by atoms with Gasteiger partial charge in [0.15, 0.2) is 0 Å². The van der Waals surface area contributed by atoms with Crippen molar-refractivity contribution in [3.63, 3.8) is 0 Å². The summed E-state index contributed by atoms with van der Waals surface area (Å²) in [6.45, 7) is 0.768. The third kappa shape index (κ3) is 5.32. The molecule has 9 heteroatoms. The van der Waals surface area contributed by atoms with E-state index in [0.717, 1.165) is 5.56 Å². The van der Waals surface area contributed by atoms with E-state index in [1.54, 1.807) is 25.3 Å². The minimum Gasteiger partial charge on any atom is -0.495 e. The van der Waals surface area contributed by atoms with Crippen molar-refractivity contribution in [2.24, 2.45) is 0 Å². The molecule has 1 aliphatic rings. The molecule has 140 valence electrons. The molecule has 0 radical (unpaired) electrons. The van der Waals surface area contributed by atoms with Gasteiger partial charge in [0.25, 0.3) is 0 Å². The molecule has 1 aromatic carbocycles. The number of nitrogens with one attached hydrogen (secondary N) is 1. The van der Waals surface area contributed by atoms with Crippen molar-refractivity contribution >= 4 is 21.9 Å². The molecule has 0 aromatic heterocycles. The van der Waals surface area contributed by atoms with Crippen molar-refractivity contribution in [2.45, 2.75) is 31.8 Å². The molecule has 1 aliphatic heterocycles. The summed E-state index contributed by atoms with van der Waals surface area (Å²) in [5, 5.41) is 8.79. The van der Waals surface area contributed by atoms with Gasteiger partial charge in [0, 0.05) is 26.6 Å². The first-order chi connectivity index (χ1) is 11.9. The quantitative estimate of drug-likeness (QED) is 0.716. The van der Waals surface area contributed by atoms with Crippen LogP contribution in [0, 0.1) is 0 Å². The molecule has 1 aromatic rings. The number of methoxy groups -OCH3 is 2. The molecular formula is C16H24N2O6S. The van der Waals surface area contributed by atoms with E-state index in [9.17, 15) is 13.2 Å². The lowest BCUT2D eigenvalue weighted by molar-refractivity contribution is -0.136. The highest BCUT2D eigenvalue weighted by molar-refractivity contribution is 7.90. The summed E-state index contributed by atoms with van der Waals surface area (Å²) in [7, 11) is -0.639. The minimum atomic E-state index is -3.72. The number of anilines is 1. The Morgan fingerprint density at radius 3 is 2.56 bits per heavy atom. The van der Waals surface area contributed by atoms with Crippen LogP contribution in [0.4, 0.5) is 5.69 Å². The Morgan fingerprint density at radius 2 is 2.00 bits per heavy atom. The van der Waals surface area contributed by atoms with Gasteiger partial charge in [-0.05, 0) is 37.0 Å². The van der Waals surface area contributed by atoms with Crippen molar-refractivity contribution in [1.82, 2.24) is 4.31 Å². The summed E-state index contributed by atoms with van der Waals surface area (Å²) in [5.74, 6) is -0.520. The fourth-order valence-corrected chi connectivity index (χ4v) is 4.01. The minimum absolute atomic E-state index is 0.0248. The fraction of sp³-hybridized carbons (Fsp3) is 0.562. The highest BCUT2D eigenvalue weighted by Crippen LogP contribution is 2.28. The number of ether oxygens (including phenoxy) is 2. The molecule has 0 amide bonds. The van der Waals surface area contributed by atoms with Crippen LogP contribution in [0.1, 0.15) is 24.8 Å². The van der Waals surface area contributed by atoms with Gasteiger partial charge in [-0.1, -0.05) is 6.07 Å². The van der Waals surface area contributed by atoms with Crippen LogP contribution in [0.3, 0.4) is 0 Å². The predicted octanol–water partition coefficient (Wildman–Crippen LogP) is 1.48. The number of piperidine rings is 1. The Labute approximate surface area is 147 Å². The first-order valence-corrected chi connectivity index (χ1v) is 9.49. The van der Waals surface area contributed by atoms with Crippen molar-refractivity contribution in [2.75, 3.05) is 32.0 Å². The number of rotatable bonds is 8. The number of benzene rings is 1. The van der Waals surface area contributed by atoms with Gasteiger partial charge in [-0.25, -0.2) is 0 Å². The van der Waals surface area contributed by atoms with E-state index in [2.05, 4.69) is 4.72 Å². The van der Waals surface area contributed by atoms with Crippen molar-refractivity contribution in [3.8, 4) is 5.75 Å². The summed E-state index contributed by atoms with van der Waals surface area (Å²) in [5.41, 5.74) is 1.03. The van der Waals surface area contributed by atoms with E-state index in [0.29, 0.717) is 43.8 Å². The standard InChI is InChI=1S/C16H24N2O6S/c1-23-13-7-9-18(10-8-13)25(21,22)17-14-11-12(4-6-16(19)20)3-5-15(14)24-2/h3,5,11,13,17H,4,6-10H2,1-2H3,(H,19,20). The molecule has 0 bridgehead atoms. The van der Waals surface area contributed by atoms with Gasteiger partial charge in [-0.15, -0.1) is 0 Å². The summed E-state index contributed by atoms with van der Waals surface area (Å²) >= 11 is 0. The molecule has 1 fully saturated rings. The predicted molar refractivity (Wildman–Crippen MR) is 93.1 cm³/mol. The molecule has 0 aliphatic carbocycles. The monoisotopic (exact) mass is 372 g/mol. The second kappa shape index (κ2) is 8.50. The molecule has 0 unspecified atom stereocenters. The maximum Gasteiger partial charge on any atom is 0.303 e. The number of carboxylic acids is 1. The highest BCUT2D eigenvalue weighted by atomic mass is 32.2. The zero-order valence-electron chi connectivity index (χ0n) is 14.4. The number of aliphatic carboxylic acids is 1. The molecule has 1 heterocycles. The molecule has 0 spiro atoms. The van der Waals surface area contributed by atoms with Crippen LogP contribution >= 0.6 is 0 Å². The van der Waals surface area contributed by atoms with E-state index in [-0.39, 0.29) is 12.5 Å². The molecule has 0 atom stereocenters. The topological polar surface area (TPSA) is 105 Å². The van der Waals surface area contributed by atoms with E-state index in [4.69, 9.17) is 14.6 Å². The van der Waals surface area contributed by atoms with Crippen molar-refractivity contribution in [1.29, 1.82) is 0 Å². The van der Waals surface area contributed by atoms with Gasteiger partial charge in [0.1, 0.15) is 5.75 Å². The normalized spacial score (nSPS) is 16.6. The second-order valence-electron chi connectivity index (χ2n) is 5.87. The van der Waals surface area contributed by atoms with Gasteiger partial charge < -0.3 is 14.6 Å². The zero-order valence-corrected chi connectivity index (χ0v) is 15.2. The largest absolute Gasteiger partial charge is 0.495 e. The third-order valence-corrected chi connectivity index (χ3v) is 5.73. The molecular weight excluding hydrogens is 348 g/mol. The van der Waals surface area contributed by atoms with Gasteiger partial charge in [0.05, 0.1) is 18.9 Å². The van der Waals surface area contributed by atoms with Gasteiger partial charge >= 0.3 is 16.2 Å². The molecule has 0 saturated carbocycles. The van der Waals surface area contributed by atoms with Crippen LogP contribution in [-0.4, -0.2) is 57.2 Å². The fourth-order valence-electron chi connectivity index (χ4n) is 2.75. The molecule has 25 heavy (non-hydrogen) atoms. The molecule has 8 nitrogen and oxygen atoms in total. The molecule has 1 saturated heterocycles. The number of carboxylic acid groups (broad SMARTS) is 1. The summed E-state index contributed by atoms with van der Waals surface area (Å²) < 4.78 is 39.6. The third-order valence-electron chi connectivity index (χ3n) is 4.20. The first kappa shape index (κ1) is 19.5. The Hall–Kier alpha value is -1.84. The maximum absolute atomic E-state index is 12.6. The second-order valence-corrected chi connectivity index (χ2v) is 7.54. The van der Waals surface area contributed by atoms with E-state index < -0.39 is 16.2 Å². The number of nitrogens with zero attached hydrogens (tertiary/aromatic N) is 1. The lowest BCUT2D eigenvalue weighted by Gasteiger charge is -2.30. The number of aryl methyl sites for hydroxylation is 1. The first-order valence-electron chi connectivity index (χ1n) is 8.05. The average molecular weight is 372 g/mol. The number of hydrogen-bond donors (Lipinski definition) is 2. The Kier molecular flexibility index (Phi) is 6.63. The number of hydrogen-bond acceptors (Lipinski definition) is 5. The van der Waals surface area contributed by atoms with Crippen LogP contribution in [0.5, 0.6) is 5.75 Å². The van der Waals surface area contributed by atoms with E-state index in [1.165, 1.54) is 11.4 Å². The van der Waals surface area contributed by atoms with Crippen LogP contribution in [0.15, 0.2) is 18.2 Å². The lowest BCUT2D eigenvalue weighted by Crippen LogP contribution is -2.43. The van der Waals surface area contributed by atoms with Gasteiger partial charge in [-0.2, -0.15) is 12.7 Å². The highest BCUT2D eigenvalue weighted by Gasteiger charge is 2.28.